The van der Waals surface area contributed by atoms with Gasteiger partial charge in [0.15, 0.2) is 0 Å². The maximum Gasteiger partial charge on any atom is 0.243 e. The molecule has 0 saturated heterocycles. The zero-order chi connectivity index (χ0) is 23.1. The highest BCUT2D eigenvalue weighted by molar-refractivity contribution is 9.10. The Labute approximate surface area is 195 Å². The molecule has 1 amide bonds. The van der Waals surface area contributed by atoms with E-state index in [2.05, 4.69) is 21.2 Å². The van der Waals surface area contributed by atoms with Crippen LogP contribution in [0.1, 0.15) is 12.5 Å². The van der Waals surface area contributed by atoms with Crippen molar-refractivity contribution in [3.63, 3.8) is 0 Å². The van der Waals surface area contributed by atoms with Gasteiger partial charge in [0.1, 0.15) is 11.6 Å². The van der Waals surface area contributed by atoms with Crippen molar-refractivity contribution >= 4 is 37.5 Å². The van der Waals surface area contributed by atoms with E-state index in [1.54, 1.807) is 42.5 Å². The van der Waals surface area contributed by atoms with Gasteiger partial charge in [-0.1, -0.05) is 46.3 Å². The van der Waals surface area contributed by atoms with Crippen molar-refractivity contribution in [2.75, 3.05) is 18.5 Å². The van der Waals surface area contributed by atoms with Crippen LogP contribution in [0.15, 0.2) is 82.2 Å². The summed E-state index contributed by atoms with van der Waals surface area (Å²) in [6.45, 7) is 1.78. The van der Waals surface area contributed by atoms with E-state index in [4.69, 9.17) is 4.74 Å². The van der Waals surface area contributed by atoms with Gasteiger partial charge in [-0.25, -0.2) is 12.8 Å². The average Bonchev–Trinajstić information content (AvgIpc) is 2.76. The highest BCUT2D eigenvalue weighted by Crippen LogP contribution is 2.23. The number of nitrogens with one attached hydrogen (secondary N) is 1. The first-order valence-corrected chi connectivity index (χ1v) is 12.0. The molecule has 0 fully saturated rings. The Morgan fingerprint density at radius 3 is 2.38 bits per heavy atom. The molecule has 32 heavy (non-hydrogen) atoms. The van der Waals surface area contributed by atoms with Crippen molar-refractivity contribution < 1.29 is 22.3 Å². The summed E-state index contributed by atoms with van der Waals surface area (Å²) in [7, 11) is -4.02. The molecule has 1 N–H and O–H groups in total. The minimum Gasteiger partial charge on any atom is -0.494 e. The van der Waals surface area contributed by atoms with E-state index in [9.17, 15) is 17.6 Å². The lowest BCUT2D eigenvalue weighted by molar-refractivity contribution is -0.116. The molecule has 0 bridgehead atoms. The molecule has 9 heteroatoms. The molecule has 3 aromatic rings. The first kappa shape index (κ1) is 23.9. The Hall–Kier alpha value is -2.75. The molecule has 0 aliphatic rings. The molecule has 0 aliphatic heterocycles. The number of hydrogen-bond donors (Lipinski definition) is 1. The lowest BCUT2D eigenvalue weighted by atomic mass is 10.2. The smallest absolute Gasteiger partial charge is 0.243 e. The summed E-state index contributed by atoms with van der Waals surface area (Å²) in [5.74, 6) is -0.738. The van der Waals surface area contributed by atoms with E-state index < -0.39 is 28.3 Å². The van der Waals surface area contributed by atoms with Crippen molar-refractivity contribution in [1.82, 2.24) is 4.31 Å². The van der Waals surface area contributed by atoms with Crippen molar-refractivity contribution in [2.24, 2.45) is 0 Å². The van der Waals surface area contributed by atoms with Gasteiger partial charge in [0.25, 0.3) is 0 Å². The SMILES string of the molecule is CCOc1ccc(S(=O)(=O)N(CC(=O)Nc2ccc(Br)cc2F)Cc2ccccc2)cc1. The molecule has 0 saturated carbocycles. The number of rotatable bonds is 9. The van der Waals surface area contributed by atoms with Crippen molar-refractivity contribution in [3.05, 3.63) is 88.6 Å². The van der Waals surface area contributed by atoms with E-state index in [0.717, 1.165) is 4.31 Å². The Bertz CT molecular complexity index is 1170. The predicted octanol–water partition coefficient (Wildman–Crippen LogP) is 4.82. The van der Waals surface area contributed by atoms with Crippen molar-refractivity contribution in [3.8, 4) is 5.75 Å². The lowest BCUT2D eigenvalue weighted by Gasteiger charge is -2.22. The van der Waals surface area contributed by atoms with Crippen LogP contribution in [-0.4, -0.2) is 31.8 Å². The number of sulfonamides is 1. The maximum absolute atomic E-state index is 14.1. The van der Waals surface area contributed by atoms with Gasteiger partial charge in [0.2, 0.25) is 15.9 Å². The number of amides is 1. The Morgan fingerprint density at radius 2 is 1.75 bits per heavy atom. The van der Waals surface area contributed by atoms with E-state index in [-0.39, 0.29) is 17.1 Å². The van der Waals surface area contributed by atoms with Gasteiger partial charge in [0, 0.05) is 11.0 Å². The third kappa shape index (κ3) is 6.15. The summed E-state index contributed by atoms with van der Waals surface area (Å²) in [6.07, 6.45) is 0. The molecule has 3 rings (SSSR count). The quantitative estimate of drug-likeness (QED) is 0.439. The standard InChI is InChI=1S/C23H22BrFN2O4S/c1-2-31-19-9-11-20(12-10-19)32(29,30)27(15-17-6-4-3-5-7-17)16-23(28)26-22-13-8-18(24)14-21(22)25/h3-14H,2,15-16H2,1H3,(H,26,28). The van der Waals surface area contributed by atoms with Gasteiger partial charge < -0.3 is 10.1 Å². The van der Waals surface area contributed by atoms with Gasteiger partial charge in [0.05, 0.1) is 23.7 Å². The molecule has 6 nitrogen and oxygen atoms in total. The van der Waals surface area contributed by atoms with Crippen LogP contribution < -0.4 is 10.1 Å². The average molecular weight is 521 g/mol. The third-order valence-electron chi connectivity index (χ3n) is 4.50. The molecule has 0 atom stereocenters. The second kappa shape index (κ2) is 10.7. The van der Waals surface area contributed by atoms with Crippen LogP contribution in [0.5, 0.6) is 5.75 Å². The number of anilines is 1. The Balaban J connectivity index is 1.86. The van der Waals surface area contributed by atoms with Gasteiger partial charge >= 0.3 is 0 Å². The van der Waals surface area contributed by atoms with Crippen molar-refractivity contribution in [2.45, 2.75) is 18.4 Å². The number of halogens is 2. The molecule has 168 valence electrons. The van der Waals surface area contributed by atoms with Crippen LogP contribution in [0.25, 0.3) is 0 Å². The van der Waals surface area contributed by atoms with Crippen molar-refractivity contribution in [1.29, 1.82) is 0 Å². The molecule has 0 unspecified atom stereocenters. The highest BCUT2D eigenvalue weighted by Gasteiger charge is 2.27. The molecule has 0 aliphatic carbocycles. The zero-order valence-corrected chi connectivity index (χ0v) is 19.7. The maximum atomic E-state index is 14.1. The number of nitrogens with zero attached hydrogens (tertiary/aromatic N) is 1. The molecular formula is C23H22BrFN2O4S. The van der Waals surface area contributed by atoms with Gasteiger partial charge in [-0.3, -0.25) is 4.79 Å². The van der Waals surface area contributed by atoms with Crippen LogP contribution in [0.2, 0.25) is 0 Å². The van der Waals surface area contributed by atoms with Gasteiger partial charge in [-0.2, -0.15) is 4.31 Å². The highest BCUT2D eigenvalue weighted by atomic mass is 79.9. The predicted molar refractivity (Wildman–Crippen MR) is 124 cm³/mol. The van der Waals surface area contributed by atoms with Gasteiger partial charge in [-0.05, 0) is 55.0 Å². The van der Waals surface area contributed by atoms with Crippen LogP contribution in [0, 0.1) is 5.82 Å². The van der Waals surface area contributed by atoms with E-state index in [1.165, 1.54) is 24.3 Å². The molecular weight excluding hydrogens is 499 g/mol. The van der Waals surface area contributed by atoms with Crippen LogP contribution in [0.3, 0.4) is 0 Å². The fourth-order valence-electron chi connectivity index (χ4n) is 2.98. The van der Waals surface area contributed by atoms with Crippen LogP contribution in [-0.2, 0) is 21.4 Å². The monoisotopic (exact) mass is 520 g/mol. The summed E-state index contributed by atoms with van der Waals surface area (Å²) < 4.78 is 47.7. The minimum absolute atomic E-state index is 0.0212. The summed E-state index contributed by atoms with van der Waals surface area (Å²) in [5, 5.41) is 2.44. The van der Waals surface area contributed by atoms with Gasteiger partial charge in [-0.15, -0.1) is 0 Å². The molecule has 0 spiro atoms. The van der Waals surface area contributed by atoms with E-state index >= 15 is 0 Å². The fourth-order valence-corrected chi connectivity index (χ4v) is 4.69. The molecule has 0 heterocycles. The van der Waals surface area contributed by atoms with Crippen LogP contribution >= 0.6 is 15.9 Å². The second-order valence-electron chi connectivity index (χ2n) is 6.84. The minimum atomic E-state index is -4.02. The third-order valence-corrected chi connectivity index (χ3v) is 6.80. The number of carbonyl (C=O) groups is 1. The van der Waals surface area contributed by atoms with Crippen LogP contribution in [0.4, 0.5) is 10.1 Å². The normalized spacial score (nSPS) is 11.4. The number of benzene rings is 3. The Kier molecular flexibility index (Phi) is 8.00. The summed E-state index contributed by atoms with van der Waals surface area (Å²) in [5.41, 5.74) is 0.681. The summed E-state index contributed by atoms with van der Waals surface area (Å²) in [4.78, 5) is 12.7. The largest absolute Gasteiger partial charge is 0.494 e. The Morgan fingerprint density at radius 1 is 1.06 bits per heavy atom. The van der Waals surface area contributed by atoms with E-state index in [0.29, 0.717) is 22.4 Å². The summed E-state index contributed by atoms with van der Waals surface area (Å²) >= 11 is 3.16. The first-order chi connectivity index (χ1) is 15.3. The molecule has 0 aromatic heterocycles. The number of hydrogen-bond acceptors (Lipinski definition) is 4. The summed E-state index contributed by atoms with van der Waals surface area (Å²) in [6, 6.07) is 19.1. The fraction of sp³-hybridized carbons (Fsp3) is 0.174. The number of ether oxygens (including phenoxy) is 1. The number of carbonyl (C=O) groups excluding carboxylic acids is 1. The lowest BCUT2D eigenvalue weighted by Crippen LogP contribution is -2.37. The first-order valence-electron chi connectivity index (χ1n) is 9.81. The topological polar surface area (TPSA) is 75.7 Å². The van der Waals surface area contributed by atoms with E-state index in [1.807, 2.05) is 13.0 Å². The zero-order valence-electron chi connectivity index (χ0n) is 17.3. The second-order valence-corrected chi connectivity index (χ2v) is 9.69. The molecule has 0 radical (unpaired) electrons. The molecule has 3 aromatic carbocycles.